The summed E-state index contributed by atoms with van der Waals surface area (Å²) in [5.41, 5.74) is 4.95. The molecule has 136 valence electrons. The van der Waals surface area contributed by atoms with Gasteiger partial charge in [-0.15, -0.1) is 10.2 Å². The van der Waals surface area contributed by atoms with Crippen LogP contribution in [0.3, 0.4) is 0 Å². The van der Waals surface area contributed by atoms with E-state index in [1.165, 1.54) is 11.8 Å². The Balaban J connectivity index is 1.62. The molecular weight excluding hydrogens is 356 g/mol. The molecule has 6 heteroatoms. The molecule has 0 bridgehead atoms. The Labute approximate surface area is 161 Å². The molecule has 27 heavy (non-hydrogen) atoms. The third-order valence-electron chi connectivity index (χ3n) is 4.54. The predicted molar refractivity (Wildman–Crippen MR) is 110 cm³/mol. The van der Waals surface area contributed by atoms with Gasteiger partial charge >= 0.3 is 0 Å². The number of benzene rings is 2. The summed E-state index contributed by atoms with van der Waals surface area (Å²) < 4.78 is 2.02. The molecular formula is C21H20N4OS. The van der Waals surface area contributed by atoms with Gasteiger partial charge in [0, 0.05) is 11.1 Å². The molecule has 0 spiro atoms. The van der Waals surface area contributed by atoms with E-state index < -0.39 is 0 Å². The van der Waals surface area contributed by atoms with Crippen LogP contribution in [0.5, 0.6) is 0 Å². The van der Waals surface area contributed by atoms with Crippen LogP contribution in [0.4, 0.5) is 5.69 Å². The van der Waals surface area contributed by atoms with E-state index in [1.807, 2.05) is 60.7 Å². The van der Waals surface area contributed by atoms with Gasteiger partial charge in [-0.25, -0.2) is 0 Å². The second-order valence-electron chi connectivity index (χ2n) is 6.64. The average molecular weight is 376 g/mol. The second-order valence-corrected chi connectivity index (χ2v) is 7.94. The van der Waals surface area contributed by atoms with E-state index in [0.717, 1.165) is 33.4 Å². The van der Waals surface area contributed by atoms with Crippen LogP contribution in [0, 0.1) is 13.8 Å². The number of pyridine rings is 1. The lowest BCUT2D eigenvalue weighted by molar-refractivity contribution is -0.115. The number of rotatable bonds is 4. The molecule has 0 saturated carbocycles. The molecule has 4 rings (SSSR count). The maximum absolute atomic E-state index is 12.6. The van der Waals surface area contributed by atoms with Crippen LogP contribution in [-0.2, 0) is 4.79 Å². The molecule has 0 fully saturated rings. The largest absolute Gasteiger partial charge is 0.325 e. The minimum Gasteiger partial charge on any atom is -0.325 e. The Morgan fingerprint density at radius 2 is 1.81 bits per heavy atom. The van der Waals surface area contributed by atoms with Gasteiger partial charge in [0.25, 0.3) is 0 Å². The van der Waals surface area contributed by atoms with E-state index in [4.69, 9.17) is 0 Å². The fraction of sp³-hybridized carbons (Fsp3) is 0.190. The van der Waals surface area contributed by atoms with Crippen molar-refractivity contribution in [2.75, 3.05) is 5.32 Å². The van der Waals surface area contributed by atoms with Gasteiger partial charge < -0.3 is 5.32 Å². The lowest BCUT2D eigenvalue weighted by atomic mass is 10.1. The smallest absolute Gasteiger partial charge is 0.237 e. The molecule has 0 aliphatic heterocycles. The van der Waals surface area contributed by atoms with Crippen molar-refractivity contribution in [2.24, 2.45) is 0 Å². The Morgan fingerprint density at radius 3 is 2.59 bits per heavy atom. The van der Waals surface area contributed by atoms with Gasteiger partial charge in [0.15, 0.2) is 10.8 Å². The number of para-hydroxylation sites is 1. The fourth-order valence-corrected chi connectivity index (χ4v) is 3.91. The highest BCUT2D eigenvalue weighted by molar-refractivity contribution is 8.00. The second kappa shape index (κ2) is 7.04. The number of thioether (sulfide) groups is 1. The zero-order chi connectivity index (χ0) is 19.0. The summed E-state index contributed by atoms with van der Waals surface area (Å²) in [5.74, 6) is -0.0583. The summed E-state index contributed by atoms with van der Waals surface area (Å²) >= 11 is 1.41. The Kier molecular flexibility index (Phi) is 4.58. The highest BCUT2D eigenvalue weighted by atomic mass is 32.2. The van der Waals surface area contributed by atoms with Crippen molar-refractivity contribution in [1.29, 1.82) is 0 Å². The van der Waals surface area contributed by atoms with Crippen LogP contribution >= 0.6 is 11.8 Å². The topological polar surface area (TPSA) is 59.3 Å². The maximum Gasteiger partial charge on any atom is 0.237 e. The van der Waals surface area contributed by atoms with E-state index in [-0.39, 0.29) is 11.2 Å². The first-order chi connectivity index (χ1) is 13.0. The number of nitrogens with zero attached hydrogens (tertiary/aromatic N) is 3. The monoisotopic (exact) mass is 376 g/mol. The third kappa shape index (κ3) is 3.40. The number of anilines is 1. The van der Waals surface area contributed by atoms with Crippen LogP contribution in [0.25, 0.3) is 16.6 Å². The number of aryl methyl sites for hydroxylation is 2. The van der Waals surface area contributed by atoms with E-state index in [1.54, 1.807) is 0 Å². The summed E-state index contributed by atoms with van der Waals surface area (Å²) in [6.45, 7) is 5.97. The molecule has 1 N–H and O–H groups in total. The number of hydrogen-bond acceptors (Lipinski definition) is 4. The van der Waals surface area contributed by atoms with Crippen molar-refractivity contribution in [3.05, 3.63) is 65.7 Å². The first-order valence-electron chi connectivity index (χ1n) is 8.80. The van der Waals surface area contributed by atoms with Gasteiger partial charge in [-0.3, -0.25) is 9.20 Å². The number of carbonyl (C=O) groups is 1. The van der Waals surface area contributed by atoms with Crippen molar-refractivity contribution >= 4 is 39.9 Å². The van der Waals surface area contributed by atoms with Crippen LogP contribution in [0.1, 0.15) is 18.1 Å². The highest BCUT2D eigenvalue weighted by Crippen LogP contribution is 2.28. The molecule has 0 radical (unpaired) electrons. The predicted octanol–water partition coefficient (Wildman–Crippen LogP) is 4.62. The fourth-order valence-electron chi connectivity index (χ4n) is 3.04. The Morgan fingerprint density at radius 1 is 1.07 bits per heavy atom. The highest BCUT2D eigenvalue weighted by Gasteiger charge is 2.19. The van der Waals surface area contributed by atoms with Gasteiger partial charge in [0.2, 0.25) is 5.91 Å². The SMILES string of the molecule is Cc1ccc(NC(=O)[C@@H](C)Sc2nnc3cc(C)c4ccccc4n23)cc1. The number of carbonyl (C=O) groups excluding carboxylic acids is 1. The van der Waals surface area contributed by atoms with E-state index >= 15 is 0 Å². The molecule has 0 unspecified atom stereocenters. The number of fused-ring (bicyclic) bond motifs is 3. The standard InChI is InChI=1S/C21H20N4OS/c1-13-8-10-16(11-9-13)22-20(26)15(3)27-21-24-23-19-12-14(2)17-6-4-5-7-18(17)25(19)21/h4-12,15H,1-3H3,(H,22,26)/t15-/m1/s1. The van der Waals surface area contributed by atoms with Crippen molar-refractivity contribution in [3.8, 4) is 0 Å². The van der Waals surface area contributed by atoms with Crippen LogP contribution in [0.15, 0.2) is 59.8 Å². The molecule has 2 aromatic carbocycles. The maximum atomic E-state index is 12.6. The number of nitrogens with one attached hydrogen (secondary N) is 1. The molecule has 4 aromatic rings. The lowest BCUT2D eigenvalue weighted by Gasteiger charge is -2.12. The minimum atomic E-state index is -0.307. The average Bonchev–Trinajstić information content (AvgIpc) is 3.06. The zero-order valence-corrected chi connectivity index (χ0v) is 16.2. The van der Waals surface area contributed by atoms with Crippen LogP contribution in [0.2, 0.25) is 0 Å². The van der Waals surface area contributed by atoms with Crippen molar-refractivity contribution in [2.45, 2.75) is 31.2 Å². The molecule has 2 aromatic heterocycles. The Hall–Kier alpha value is -2.86. The zero-order valence-electron chi connectivity index (χ0n) is 15.4. The van der Waals surface area contributed by atoms with Gasteiger partial charge in [0.05, 0.1) is 10.8 Å². The van der Waals surface area contributed by atoms with E-state index in [0.29, 0.717) is 5.16 Å². The first-order valence-corrected chi connectivity index (χ1v) is 9.68. The Bertz CT molecular complexity index is 1130. The third-order valence-corrected chi connectivity index (χ3v) is 5.59. The van der Waals surface area contributed by atoms with Crippen molar-refractivity contribution in [1.82, 2.24) is 14.6 Å². The normalized spacial score (nSPS) is 12.4. The summed E-state index contributed by atoms with van der Waals surface area (Å²) in [7, 11) is 0. The van der Waals surface area contributed by atoms with Gasteiger partial charge in [0.1, 0.15) is 0 Å². The van der Waals surface area contributed by atoms with Crippen LogP contribution < -0.4 is 5.32 Å². The molecule has 2 heterocycles. The summed E-state index contributed by atoms with van der Waals surface area (Å²) in [6, 6.07) is 18.0. The quantitative estimate of drug-likeness (QED) is 0.528. The summed E-state index contributed by atoms with van der Waals surface area (Å²) in [6.07, 6.45) is 0. The van der Waals surface area contributed by atoms with Crippen molar-refractivity contribution in [3.63, 3.8) is 0 Å². The number of amides is 1. The first kappa shape index (κ1) is 17.5. The molecule has 0 aliphatic rings. The molecule has 5 nitrogen and oxygen atoms in total. The van der Waals surface area contributed by atoms with Crippen molar-refractivity contribution < 1.29 is 4.79 Å². The summed E-state index contributed by atoms with van der Waals surface area (Å²) in [4.78, 5) is 12.6. The number of aromatic nitrogens is 3. The molecule has 1 amide bonds. The van der Waals surface area contributed by atoms with Crippen LogP contribution in [-0.4, -0.2) is 25.8 Å². The lowest BCUT2D eigenvalue weighted by Crippen LogP contribution is -2.22. The number of hydrogen-bond donors (Lipinski definition) is 1. The molecule has 0 aliphatic carbocycles. The van der Waals surface area contributed by atoms with Gasteiger partial charge in [-0.05, 0) is 50.6 Å². The van der Waals surface area contributed by atoms with Gasteiger partial charge in [-0.1, -0.05) is 47.7 Å². The van der Waals surface area contributed by atoms with E-state index in [9.17, 15) is 4.79 Å². The molecule has 0 saturated heterocycles. The van der Waals surface area contributed by atoms with Gasteiger partial charge in [-0.2, -0.15) is 0 Å². The summed E-state index contributed by atoms with van der Waals surface area (Å²) in [5, 5.41) is 13.1. The van der Waals surface area contributed by atoms with E-state index in [2.05, 4.69) is 34.6 Å². The molecule has 1 atom stereocenters. The minimum absolute atomic E-state index is 0.0583.